The van der Waals surface area contributed by atoms with Gasteiger partial charge in [-0.1, -0.05) is 0 Å². The van der Waals surface area contributed by atoms with Crippen LogP contribution in [0.25, 0.3) is 22.4 Å². The second-order valence-corrected chi connectivity index (χ2v) is 10.1. The molecular formula is C21H28N6O4S. The molecule has 10 nitrogen and oxygen atoms in total. The number of hydrogen-bond donors (Lipinski definition) is 2. The number of nitrogens with zero attached hydrogens (tertiary/aromatic N) is 4. The third-order valence-corrected chi connectivity index (χ3v) is 7.36. The van der Waals surface area contributed by atoms with Gasteiger partial charge in [0.05, 0.1) is 22.8 Å². The molecule has 2 aromatic heterocycles. The highest BCUT2D eigenvalue weighted by molar-refractivity contribution is 7.89. The van der Waals surface area contributed by atoms with E-state index in [-0.39, 0.29) is 28.4 Å². The Kier molecular flexibility index (Phi) is 5.82. The molecule has 1 aliphatic heterocycles. The van der Waals surface area contributed by atoms with E-state index in [1.54, 1.807) is 20.0 Å². The van der Waals surface area contributed by atoms with Crippen LogP contribution in [0.1, 0.15) is 26.5 Å². The van der Waals surface area contributed by atoms with Crippen molar-refractivity contribution >= 4 is 21.1 Å². The Morgan fingerprint density at radius 3 is 2.56 bits per heavy atom. The van der Waals surface area contributed by atoms with Gasteiger partial charge in [0.15, 0.2) is 5.52 Å². The van der Waals surface area contributed by atoms with Crippen molar-refractivity contribution in [3.05, 3.63) is 34.2 Å². The van der Waals surface area contributed by atoms with Crippen molar-refractivity contribution in [2.45, 2.75) is 44.7 Å². The van der Waals surface area contributed by atoms with E-state index in [9.17, 15) is 13.2 Å². The molecule has 172 valence electrons. The molecule has 0 spiro atoms. The Bertz CT molecular complexity index is 1320. The number of benzene rings is 1. The smallest absolute Gasteiger partial charge is 0.277 e. The Balaban J connectivity index is 1.86. The lowest BCUT2D eigenvalue weighted by molar-refractivity contribution is 0.263. The molecule has 0 bridgehead atoms. The van der Waals surface area contributed by atoms with E-state index in [2.05, 4.69) is 20.4 Å². The number of ether oxygens (including phenoxy) is 1. The zero-order chi connectivity index (χ0) is 23.2. The molecule has 11 heteroatoms. The van der Waals surface area contributed by atoms with Gasteiger partial charge in [-0.25, -0.2) is 13.4 Å². The topological polar surface area (TPSA) is 122 Å². The summed E-state index contributed by atoms with van der Waals surface area (Å²) in [6.45, 7) is 8.67. The molecule has 1 aromatic carbocycles. The first-order valence-electron chi connectivity index (χ1n) is 10.6. The minimum atomic E-state index is -3.75. The first kappa shape index (κ1) is 22.4. The summed E-state index contributed by atoms with van der Waals surface area (Å²) in [6, 6.07) is 4.76. The highest BCUT2D eigenvalue weighted by Crippen LogP contribution is 2.32. The zero-order valence-electron chi connectivity index (χ0n) is 18.8. The number of H-pyrrole nitrogens is 1. The number of rotatable bonds is 5. The standard InChI is InChI=1S/C21H28N6O4S/c1-6-31-17-8-7-15(32(29,30)27-10-12(2)22-13(3)11-27)9-16(17)20-23-18-14(4)25-26(5)19(18)21(28)24-20/h7-9,12-13,22H,6,10-11H2,1-5H3,(H,23,24,28)/t12-,13+. The summed E-state index contributed by atoms with van der Waals surface area (Å²) in [7, 11) is -2.06. The SMILES string of the molecule is CCOc1ccc(S(=O)(=O)N2C[C@@H](C)N[C@@H](C)C2)cc1-c1nc2c(C)nn(C)c2c(=O)[nH]1. The van der Waals surface area contributed by atoms with Gasteiger partial charge < -0.3 is 15.0 Å². The van der Waals surface area contributed by atoms with Crippen LogP contribution in [-0.2, 0) is 17.1 Å². The highest BCUT2D eigenvalue weighted by atomic mass is 32.2. The van der Waals surface area contributed by atoms with Crippen molar-refractivity contribution in [3.63, 3.8) is 0 Å². The first-order chi connectivity index (χ1) is 15.1. The quantitative estimate of drug-likeness (QED) is 0.590. The molecule has 2 atom stereocenters. The Labute approximate surface area is 186 Å². The molecule has 0 amide bonds. The number of hydrogen-bond acceptors (Lipinski definition) is 7. The van der Waals surface area contributed by atoms with Crippen LogP contribution in [0.3, 0.4) is 0 Å². The predicted octanol–water partition coefficient (Wildman–Crippen LogP) is 1.40. The maximum absolute atomic E-state index is 13.4. The van der Waals surface area contributed by atoms with Crippen molar-refractivity contribution in [2.24, 2.45) is 7.05 Å². The number of aromatic amines is 1. The van der Waals surface area contributed by atoms with Crippen molar-refractivity contribution < 1.29 is 13.2 Å². The van der Waals surface area contributed by atoms with Crippen LogP contribution in [0.15, 0.2) is 27.9 Å². The highest BCUT2D eigenvalue weighted by Gasteiger charge is 2.32. The van der Waals surface area contributed by atoms with E-state index >= 15 is 0 Å². The molecule has 3 heterocycles. The summed E-state index contributed by atoms with van der Waals surface area (Å²) >= 11 is 0. The predicted molar refractivity (Wildman–Crippen MR) is 121 cm³/mol. The molecule has 0 aliphatic carbocycles. The summed E-state index contributed by atoms with van der Waals surface area (Å²) < 4.78 is 35.5. The van der Waals surface area contributed by atoms with Crippen LogP contribution >= 0.6 is 0 Å². The van der Waals surface area contributed by atoms with E-state index in [0.717, 1.165) is 0 Å². The average Bonchev–Trinajstić information content (AvgIpc) is 3.01. The molecule has 3 aromatic rings. The maximum Gasteiger partial charge on any atom is 0.277 e. The lowest BCUT2D eigenvalue weighted by Crippen LogP contribution is -2.55. The zero-order valence-corrected chi connectivity index (χ0v) is 19.7. The molecule has 2 N–H and O–H groups in total. The van der Waals surface area contributed by atoms with Gasteiger partial charge in [-0.05, 0) is 45.9 Å². The number of aromatic nitrogens is 4. The van der Waals surface area contributed by atoms with Crippen LogP contribution in [0, 0.1) is 6.92 Å². The third-order valence-electron chi connectivity index (χ3n) is 5.53. The fourth-order valence-corrected chi connectivity index (χ4v) is 5.87. The lowest BCUT2D eigenvalue weighted by atomic mass is 10.2. The van der Waals surface area contributed by atoms with Crippen molar-refractivity contribution in [1.82, 2.24) is 29.4 Å². The lowest BCUT2D eigenvalue weighted by Gasteiger charge is -2.35. The average molecular weight is 461 g/mol. The van der Waals surface area contributed by atoms with Crippen LogP contribution in [-0.4, -0.2) is 64.3 Å². The summed E-state index contributed by atoms with van der Waals surface area (Å²) in [6.07, 6.45) is 0. The molecule has 0 radical (unpaired) electrons. The van der Waals surface area contributed by atoms with Crippen LogP contribution in [0.2, 0.25) is 0 Å². The van der Waals surface area contributed by atoms with E-state index < -0.39 is 10.0 Å². The van der Waals surface area contributed by atoms with Gasteiger partial charge in [0, 0.05) is 32.2 Å². The minimum Gasteiger partial charge on any atom is -0.493 e. The Morgan fingerprint density at radius 1 is 1.22 bits per heavy atom. The van der Waals surface area contributed by atoms with E-state index in [1.165, 1.54) is 21.1 Å². The largest absolute Gasteiger partial charge is 0.493 e. The third kappa shape index (κ3) is 3.91. The molecule has 0 unspecified atom stereocenters. The maximum atomic E-state index is 13.4. The number of aryl methyl sites for hydroxylation is 2. The van der Waals surface area contributed by atoms with Crippen LogP contribution in [0.4, 0.5) is 0 Å². The Morgan fingerprint density at radius 2 is 1.91 bits per heavy atom. The van der Waals surface area contributed by atoms with Crippen LogP contribution < -0.4 is 15.6 Å². The molecule has 4 rings (SSSR count). The fourth-order valence-electron chi connectivity index (χ4n) is 4.23. The second-order valence-electron chi connectivity index (χ2n) is 8.20. The monoisotopic (exact) mass is 460 g/mol. The van der Waals surface area contributed by atoms with E-state index in [1.807, 2.05) is 20.8 Å². The minimum absolute atomic E-state index is 0.0460. The van der Waals surface area contributed by atoms with Gasteiger partial charge in [0.25, 0.3) is 5.56 Å². The summed E-state index contributed by atoms with van der Waals surface area (Å²) in [5.41, 5.74) is 1.49. The molecule has 32 heavy (non-hydrogen) atoms. The van der Waals surface area contributed by atoms with Crippen molar-refractivity contribution in [3.8, 4) is 17.1 Å². The van der Waals surface area contributed by atoms with Gasteiger partial charge in [-0.2, -0.15) is 9.40 Å². The van der Waals surface area contributed by atoms with Crippen molar-refractivity contribution in [1.29, 1.82) is 0 Å². The second kappa shape index (κ2) is 8.30. The number of fused-ring (bicyclic) bond motifs is 1. The number of nitrogens with one attached hydrogen (secondary N) is 2. The van der Waals surface area contributed by atoms with Crippen molar-refractivity contribution in [2.75, 3.05) is 19.7 Å². The summed E-state index contributed by atoms with van der Waals surface area (Å²) in [5, 5.41) is 7.61. The molecular weight excluding hydrogens is 432 g/mol. The van der Waals surface area contributed by atoms with E-state index in [4.69, 9.17) is 4.74 Å². The first-order valence-corrected chi connectivity index (χ1v) is 12.0. The number of piperazine rings is 1. The van der Waals surface area contributed by atoms with Crippen LogP contribution in [0.5, 0.6) is 5.75 Å². The molecule has 1 fully saturated rings. The fraction of sp³-hybridized carbons (Fsp3) is 0.476. The summed E-state index contributed by atoms with van der Waals surface area (Å²) in [4.78, 5) is 20.2. The molecule has 1 aliphatic rings. The number of sulfonamides is 1. The van der Waals surface area contributed by atoms with Gasteiger partial charge in [0.1, 0.15) is 17.1 Å². The normalized spacial score (nSPS) is 20.0. The molecule has 0 saturated carbocycles. The Hall–Kier alpha value is -2.76. The van der Waals surface area contributed by atoms with Gasteiger partial charge in [0.2, 0.25) is 10.0 Å². The van der Waals surface area contributed by atoms with E-state index in [0.29, 0.717) is 47.7 Å². The van der Waals surface area contributed by atoms with Gasteiger partial charge in [-0.15, -0.1) is 0 Å². The van der Waals surface area contributed by atoms with Gasteiger partial charge in [-0.3, -0.25) is 9.48 Å². The molecule has 1 saturated heterocycles. The van der Waals surface area contributed by atoms with Gasteiger partial charge >= 0.3 is 0 Å². The summed E-state index contributed by atoms with van der Waals surface area (Å²) in [5.74, 6) is 0.679.